The molecule has 88 valence electrons. The molecule has 0 saturated carbocycles. The summed E-state index contributed by atoms with van der Waals surface area (Å²) in [4.78, 5) is 0. The standard InChI is InChI=1S/C11H13N3.2ClH/c1-8-7-9(2)14(13-8)11-5-3-10(12)4-6-11;;/h3-7H,12H2,1-2H3;2*1H. The molecule has 0 amide bonds. The maximum absolute atomic E-state index is 5.62. The van der Waals surface area contributed by atoms with Crippen molar-refractivity contribution >= 4 is 30.5 Å². The lowest BCUT2D eigenvalue weighted by Gasteiger charge is -2.03. The normalized spacial score (nSPS) is 9.12. The lowest BCUT2D eigenvalue weighted by atomic mass is 10.3. The number of aromatic nitrogens is 2. The number of nitrogen functional groups attached to an aromatic ring is 1. The van der Waals surface area contributed by atoms with Crippen molar-refractivity contribution in [2.45, 2.75) is 13.8 Å². The highest BCUT2D eigenvalue weighted by atomic mass is 35.5. The van der Waals surface area contributed by atoms with Gasteiger partial charge in [0.2, 0.25) is 0 Å². The van der Waals surface area contributed by atoms with E-state index in [9.17, 15) is 0 Å². The van der Waals surface area contributed by atoms with Crippen molar-refractivity contribution < 1.29 is 0 Å². The van der Waals surface area contributed by atoms with Gasteiger partial charge in [0, 0.05) is 11.4 Å². The van der Waals surface area contributed by atoms with Crippen LogP contribution >= 0.6 is 24.8 Å². The van der Waals surface area contributed by atoms with Crippen LogP contribution in [0.2, 0.25) is 0 Å². The number of hydrogen-bond donors (Lipinski definition) is 1. The quantitative estimate of drug-likeness (QED) is 0.801. The molecular formula is C11H15Cl2N3. The maximum Gasteiger partial charge on any atom is 0.0650 e. The molecule has 1 aromatic heterocycles. The molecule has 0 fully saturated rings. The van der Waals surface area contributed by atoms with Gasteiger partial charge in [0.1, 0.15) is 0 Å². The van der Waals surface area contributed by atoms with Gasteiger partial charge in [-0.2, -0.15) is 5.10 Å². The first-order valence-electron chi connectivity index (χ1n) is 4.56. The van der Waals surface area contributed by atoms with Crippen molar-refractivity contribution in [3.8, 4) is 5.69 Å². The number of nitrogens with two attached hydrogens (primary N) is 1. The highest BCUT2D eigenvalue weighted by Gasteiger charge is 2.02. The highest BCUT2D eigenvalue weighted by Crippen LogP contribution is 2.13. The number of hydrogen-bond acceptors (Lipinski definition) is 2. The molecule has 0 atom stereocenters. The second-order valence-corrected chi connectivity index (χ2v) is 3.43. The van der Waals surface area contributed by atoms with Crippen LogP contribution in [0.1, 0.15) is 11.4 Å². The van der Waals surface area contributed by atoms with E-state index < -0.39 is 0 Å². The molecule has 0 bridgehead atoms. The molecule has 5 heteroatoms. The lowest BCUT2D eigenvalue weighted by Crippen LogP contribution is -1.98. The van der Waals surface area contributed by atoms with Gasteiger partial charge in [-0.25, -0.2) is 4.68 Å². The monoisotopic (exact) mass is 259 g/mol. The Morgan fingerprint density at radius 1 is 1.06 bits per heavy atom. The molecule has 16 heavy (non-hydrogen) atoms. The van der Waals surface area contributed by atoms with Crippen LogP contribution in [0.15, 0.2) is 30.3 Å². The first kappa shape index (κ1) is 14.8. The number of nitrogens with zero attached hydrogens (tertiary/aromatic N) is 2. The molecule has 1 heterocycles. The predicted octanol–water partition coefficient (Wildman–Crippen LogP) is 2.91. The van der Waals surface area contributed by atoms with Gasteiger partial charge >= 0.3 is 0 Å². The fraction of sp³-hybridized carbons (Fsp3) is 0.182. The minimum absolute atomic E-state index is 0. The largest absolute Gasteiger partial charge is 0.399 e. The average molecular weight is 260 g/mol. The van der Waals surface area contributed by atoms with Crippen LogP contribution in [0.3, 0.4) is 0 Å². The summed E-state index contributed by atoms with van der Waals surface area (Å²) in [6.45, 7) is 4.02. The molecule has 0 aliphatic heterocycles. The summed E-state index contributed by atoms with van der Waals surface area (Å²) in [6.07, 6.45) is 0. The molecule has 2 aromatic rings. The van der Waals surface area contributed by atoms with Crippen molar-refractivity contribution in [2.24, 2.45) is 0 Å². The van der Waals surface area contributed by atoms with Crippen LogP contribution < -0.4 is 5.73 Å². The van der Waals surface area contributed by atoms with Gasteiger partial charge in [0.05, 0.1) is 11.4 Å². The lowest BCUT2D eigenvalue weighted by molar-refractivity contribution is 0.834. The van der Waals surface area contributed by atoms with Gasteiger partial charge in [-0.15, -0.1) is 24.8 Å². The molecular weight excluding hydrogens is 245 g/mol. The van der Waals surface area contributed by atoms with E-state index >= 15 is 0 Å². The Labute approximate surface area is 107 Å². The molecule has 2 N–H and O–H groups in total. The van der Waals surface area contributed by atoms with Gasteiger partial charge in [-0.05, 0) is 44.2 Å². The van der Waals surface area contributed by atoms with Crippen LogP contribution in [-0.2, 0) is 0 Å². The topological polar surface area (TPSA) is 43.8 Å². The van der Waals surface area contributed by atoms with Crippen molar-refractivity contribution in [1.82, 2.24) is 9.78 Å². The molecule has 0 radical (unpaired) electrons. The van der Waals surface area contributed by atoms with Crippen molar-refractivity contribution in [3.63, 3.8) is 0 Å². The summed E-state index contributed by atoms with van der Waals surface area (Å²) in [5.41, 5.74) is 9.60. The number of benzene rings is 1. The van der Waals surface area contributed by atoms with Gasteiger partial charge < -0.3 is 5.73 Å². The second-order valence-electron chi connectivity index (χ2n) is 3.43. The molecule has 3 nitrogen and oxygen atoms in total. The zero-order valence-electron chi connectivity index (χ0n) is 9.18. The second kappa shape index (κ2) is 5.77. The minimum Gasteiger partial charge on any atom is -0.399 e. The first-order chi connectivity index (χ1) is 6.66. The number of rotatable bonds is 1. The zero-order chi connectivity index (χ0) is 10.1. The Kier molecular flexibility index (Phi) is 5.35. The summed E-state index contributed by atoms with van der Waals surface area (Å²) >= 11 is 0. The predicted molar refractivity (Wildman–Crippen MR) is 71.9 cm³/mol. The van der Waals surface area contributed by atoms with Gasteiger partial charge in [-0.3, -0.25) is 0 Å². The Bertz CT molecular complexity index is 449. The summed E-state index contributed by atoms with van der Waals surface area (Å²) in [5, 5.41) is 4.39. The molecule has 2 rings (SSSR count). The van der Waals surface area contributed by atoms with Crippen LogP contribution in [0.5, 0.6) is 0 Å². The zero-order valence-corrected chi connectivity index (χ0v) is 10.8. The van der Waals surface area contributed by atoms with E-state index in [2.05, 4.69) is 11.2 Å². The fourth-order valence-corrected chi connectivity index (χ4v) is 1.51. The first-order valence-corrected chi connectivity index (χ1v) is 4.56. The number of aryl methyl sites for hydroxylation is 2. The third-order valence-electron chi connectivity index (χ3n) is 2.15. The van der Waals surface area contributed by atoms with Crippen molar-refractivity contribution in [3.05, 3.63) is 41.7 Å². The maximum atomic E-state index is 5.62. The fourth-order valence-electron chi connectivity index (χ4n) is 1.51. The molecule has 1 aromatic carbocycles. The summed E-state index contributed by atoms with van der Waals surface area (Å²) < 4.78 is 1.91. The van der Waals surface area contributed by atoms with Gasteiger partial charge in [0.15, 0.2) is 0 Å². The SMILES string of the molecule is Cc1cc(C)n(-c2ccc(N)cc2)n1.Cl.Cl. The van der Waals surface area contributed by atoms with E-state index in [1.54, 1.807) is 0 Å². The van der Waals surface area contributed by atoms with E-state index in [0.717, 1.165) is 22.8 Å². The molecule has 0 aliphatic carbocycles. The third kappa shape index (κ3) is 2.90. The van der Waals surface area contributed by atoms with Gasteiger partial charge in [-0.1, -0.05) is 0 Å². The van der Waals surface area contributed by atoms with Crippen LogP contribution in [-0.4, -0.2) is 9.78 Å². The van der Waals surface area contributed by atoms with E-state index in [0.29, 0.717) is 0 Å². The third-order valence-corrected chi connectivity index (χ3v) is 2.15. The van der Waals surface area contributed by atoms with Crippen LogP contribution in [0, 0.1) is 13.8 Å². The number of anilines is 1. The molecule has 0 aliphatic rings. The Balaban J connectivity index is 0.00000112. The average Bonchev–Trinajstić information content (AvgIpc) is 2.47. The van der Waals surface area contributed by atoms with E-state index in [4.69, 9.17) is 5.73 Å². The summed E-state index contributed by atoms with van der Waals surface area (Å²) in [5.74, 6) is 0. The minimum atomic E-state index is 0. The molecule has 0 saturated heterocycles. The van der Waals surface area contributed by atoms with E-state index in [1.165, 1.54) is 0 Å². The highest BCUT2D eigenvalue weighted by molar-refractivity contribution is 5.85. The van der Waals surface area contributed by atoms with E-state index in [1.807, 2.05) is 42.8 Å². The summed E-state index contributed by atoms with van der Waals surface area (Å²) in [6, 6.07) is 9.75. The Hall–Kier alpha value is -1.19. The van der Waals surface area contributed by atoms with Gasteiger partial charge in [0.25, 0.3) is 0 Å². The summed E-state index contributed by atoms with van der Waals surface area (Å²) in [7, 11) is 0. The number of halogens is 2. The van der Waals surface area contributed by atoms with Crippen molar-refractivity contribution in [1.29, 1.82) is 0 Å². The van der Waals surface area contributed by atoms with E-state index in [-0.39, 0.29) is 24.8 Å². The van der Waals surface area contributed by atoms with Crippen LogP contribution in [0.4, 0.5) is 5.69 Å². The smallest absolute Gasteiger partial charge is 0.0650 e. The van der Waals surface area contributed by atoms with Crippen LogP contribution in [0.25, 0.3) is 5.69 Å². The molecule has 0 unspecified atom stereocenters. The Morgan fingerprint density at radius 2 is 1.62 bits per heavy atom. The Morgan fingerprint density at radius 3 is 2.06 bits per heavy atom. The van der Waals surface area contributed by atoms with Crippen molar-refractivity contribution in [2.75, 3.05) is 5.73 Å². The molecule has 0 spiro atoms.